The van der Waals surface area contributed by atoms with Gasteiger partial charge in [-0.2, -0.15) is 0 Å². The van der Waals surface area contributed by atoms with Crippen molar-refractivity contribution in [1.29, 1.82) is 0 Å². The molecule has 2 rings (SSSR count). The van der Waals surface area contributed by atoms with E-state index in [9.17, 15) is 4.39 Å². The van der Waals surface area contributed by atoms with Crippen LogP contribution < -0.4 is 0 Å². The maximum absolute atomic E-state index is 13.4. The SMILES string of the molecule is CC1CCC(C(C)(C)Cc2cc(F)ccc2Cl)C(Cl)C1. The van der Waals surface area contributed by atoms with Crippen LogP contribution in [0.25, 0.3) is 0 Å². The van der Waals surface area contributed by atoms with E-state index in [4.69, 9.17) is 23.2 Å². The highest BCUT2D eigenvalue weighted by Gasteiger charge is 2.38. The minimum absolute atomic E-state index is 0.0317. The Balaban J connectivity index is 2.16. The van der Waals surface area contributed by atoms with Crippen LogP contribution in [0.4, 0.5) is 4.39 Å². The molecule has 0 aromatic heterocycles. The molecule has 1 aromatic rings. The maximum Gasteiger partial charge on any atom is 0.123 e. The molecule has 1 aliphatic carbocycles. The standard InChI is InChI=1S/C17H23Cl2F/c1-11-4-6-14(16(19)8-11)17(2,3)10-12-9-13(20)5-7-15(12)18/h5,7,9,11,14,16H,4,6,8,10H2,1-3H3. The molecule has 0 bridgehead atoms. The third-order valence-corrected chi connectivity index (χ3v) is 5.54. The molecule has 0 aliphatic heterocycles. The normalized spacial score (nSPS) is 27.6. The van der Waals surface area contributed by atoms with Gasteiger partial charge in [0.05, 0.1) is 0 Å². The third kappa shape index (κ3) is 3.68. The fraction of sp³-hybridized carbons (Fsp3) is 0.647. The monoisotopic (exact) mass is 316 g/mol. The van der Waals surface area contributed by atoms with E-state index in [1.807, 2.05) is 0 Å². The molecule has 1 aromatic carbocycles. The summed E-state index contributed by atoms with van der Waals surface area (Å²) in [4.78, 5) is 0. The minimum Gasteiger partial charge on any atom is -0.207 e. The Morgan fingerprint density at radius 1 is 1.30 bits per heavy atom. The van der Waals surface area contributed by atoms with Crippen molar-refractivity contribution in [3.8, 4) is 0 Å². The van der Waals surface area contributed by atoms with Gasteiger partial charge in [-0.3, -0.25) is 0 Å². The molecule has 0 spiro atoms. The van der Waals surface area contributed by atoms with E-state index in [2.05, 4.69) is 20.8 Å². The predicted octanol–water partition coefficient (Wildman–Crippen LogP) is 6.09. The molecule has 0 nitrogen and oxygen atoms in total. The van der Waals surface area contributed by atoms with Crippen LogP contribution in [0.2, 0.25) is 5.02 Å². The highest BCUT2D eigenvalue weighted by atomic mass is 35.5. The van der Waals surface area contributed by atoms with E-state index in [1.165, 1.54) is 12.5 Å². The number of hydrogen-bond acceptors (Lipinski definition) is 0. The maximum atomic E-state index is 13.4. The number of hydrogen-bond donors (Lipinski definition) is 0. The van der Waals surface area contributed by atoms with Gasteiger partial charge < -0.3 is 0 Å². The Kier molecular flexibility index (Phi) is 5.02. The molecule has 0 saturated heterocycles. The lowest BCUT2D eigenvalue weighted by Gasteiger charge is -2.42. The lowest BCUT2D eigenvalue weighted by atomic mass is 9.66. The minimum atomic E-state index is -0.222. The molecule has 0 radical (unpaired) electrons. The number of rotatable bonds is 3. The second-order valence-electron chi connectivity index (χ2n) is 6.94. The third-order valence-electron chi connectivity index (χ3n) is 4.69. The lowest BCUT2D eigenvalue weighted by molar-refractivity contribution is 0.142. The molecule has 3 heteroatoms. The fourth-order valence-corrected chi connectivity index (χ4v) is 4.45. The zero-order valence-corrected chi connectivity index (χ0v) is 13.9. The van der Waals surface area contributed by atoms with Crippen LogP contribution in [0.3, 0.4) is 0 Å². The first kappa shape index (κ1) is 16.1. The number of benzene rings is 1. The van der Waals surface area contributed by atoms with E-state index in [-0.39, 0.29) is 16.6 Å². The van der Waals surface area contributed by atoms with Gasteiger partial charge in [0.1, 0.15) is 5.82 Å². The molecule has 112 valence electrons. The van der Waals surface area contributed by atoms with Crippen LogP contribution in [-0.2, 0) is 6.42 Å². The van der Waals surface area contributed by atoms with Crippen molar-refractivity contribution >= 4 is 23.2 Å². The van der Waals surface area contributed by atoms with Crippen molar-refractivity contribution in [3.05, 3.63) is 34.6 Å². The fourth-order valence-electron chi connectivity index (χ4n) is 3.49. The van der Waals surface area contributed by atoms with Gasteiger partial charge in [0.2, 0.25) is 0 Å². The van der Waals surface area contributed by atoms with Crippen LogP contribution in [0.5, 0.6) is 0 Å². The molecule has 3 unspecified atom stereocenters. The summed E-state index contributed by atoms with van der Waals surface area (Å²) in [6.45, 7) is 6.72. The van der Waals surface area contributed by atoms with E-state index in [0.29, 0.717) is 16.9 Å². The summed E-state index contributed by atoms with van der Waals surface area (Å²) in [6, 6.07) is 4.60. The van der Waals surface area contributed by atoms with Crippen LogP contribution in [0.1, 0.15) is 45.6 Å². The summed E-state index contributed by atoms with van der Waals surface area (Å²) in [6.07, 6.45) is 4.22. The van der Waals surface area contributed by atoms with Crippen molar-refractivity contribution in [2.45, 2.75) is 51.8 Å². The molecule has 0 amide bonds. The van der Waals surface area contributed by atoms with E-state index in [0.717, 1.165) is 24.8 Å². The summed E-state index contributed by atoms with van der Waals surface area (Å²) in [5.74, 6) is 0.946. The van der Waals surface area contributed by atoms with Gasteiger partial charge >= 0.3 is 0 Å². The number of halogens is 3. The Morgan fingerprint density at radius 3 is 2.65 bits per heavy atom. The van der Waals surface area contributed by atoms with Gasteiger partial charge in [0.25, 0.3) is 0 Å². The molecule has 20 heavy (non-hydrogen) atoms. The summed E-state index contributed by atoms with van der Waals surface area (Å²) in [5, 5.41) is 0.857. The van der Waals surface area contributed by atoms with Crippen LogP contribution in [0.15, 0.2) is 18.2 Å². The number of alkyl halides is 1. The van der Waals surface area contributed by atoms with Gasteiger partial charge in [-0.1, -0.05) is 38.8 Å². The molecular formula is C17H23Cl2F. The van der Waals surface area contributed by atoms with Crippen LogP contribution >= 0.6 is 23.2 Å². The van der Waals surface area contributed by atoms with Crippen molar-refractivity contribution < 1.29 is 4.39 Å². The molecule has 0 N–H and O–H groups in total. The van der Waals surface area contributed by atoms with Gasteiger partial charge in [0.15, 0.2) is 0 Å². The smallest absolute Gasteiger partial charge is 0.123 e. The van der Waals surface area contributed by atoms with Crippen molar-refractivity contribution in [2.75, 3.05) is 0 Å². The molecule has 3 atom stereocenters. The Morgan fingerprint density at radius 2 is 2.00 bits per heavy atom. The van der Waals surface area contributed by atoms with Crippen molar-refractivity contribution in [3.63, 3.8) is 0 Å². The Labute approximate surface area is 131 Å². The van der Waals surface area contributed by atoms with Crippen molar-refractivity contribution in [2.24, 2.45) is 17.3 Å². The highest BCUT2D eigenvalue weighted by Crippen LogP contribution is 2.45. The van der Waals surface area contributed by atoms with Gasteiger partial charge in [-0.15, -0.1) is 11.6 Å². The summed E-state index contributed by atoms with van der Waals surface area (Å²) >= 11 is 12.8. The van der Waals surface area contributed by atoms with Crippen LogP contribution in [0, 0.1) is 23.1 Å². The van der Waals surface area contributed by atoms with E-state index in [1.54, 1.807) is 12.1 Å². The second-order valence-corrected chi connectivity index (χ2v) is 7.91. The summed E-state index contributed by atoms with van der Waals surface area (Å²) < 4.78 is 13.4. The summed E-state index contributed by atoms with van der Waals surface area (Å²) in [7, 11) is 0. The Bertz CT molecular complexity index is 470. The first-order valence-electron chi connectivity index (χ1n) is 7.37. The second kappa shape index (κ2) is 6.23. The van der Waals surface area contributed by atoms with Gasteiger partial charge in [0, 0.05) is 10.4 Å². The van der Waals surface area contributed by atoms with Gasteiger partial charge in [-0.25, -0.2) is 4.39 Å². The largest absolute Gasteiger partial charge is 0.207 e. The first-order valence-corrected chi connectivity index (χ1v) is 8.19. The zero-order valence-electron chi connectivity index (χ0n) is 12.4. The predicted molar refractivity (Wildman–Crippen MR) is 85.0 cm³/mol. The highest BCUT2D eigenvalue weighted by molar-refractivity contribution is 6.31. The molecule has 1 saturated carbocycles. The van der Waals surface area contributed by atoms with E-state index < -0.39 is 0 Å². The quantitative estimate of drug-likeness (QED) is 0.592. The average Bonchev–Trinajstić information content (AvgIpc) is 2.33. The summed E-state index contributed by atoms with van der Waals surface area (Å²) in [5.41, 5.74) is 0.920. The molecule has 0 heterocycles. The Hall–Kier alpha value is -0.270. The lowest BCUT2D eigenvalue weighted by Crippen LogP contribution is -2.37. The molecule has 1 aliphatic rings. The molecule has 1 fully saturated rings. The first-order chi connectivity index (χ1) is 9.29. The van der Waals surface area contributed by atoms with Crippen LogP contribution in [-0.4, -0.2) is 5.38 Å². The zero-order chi connectivity index (χ0) is 14.9. The van der Waals surface area contributed by atoms with Crippen molar-refractivity contribution in [1.82, 2.24) is 0 Å². The van der Waals surface area contributed by atoms with Gasteiger partial charge in [-0.05, 0) is 60.3 Å². The topological polar surface area (TPSA) is 0 Å². The average molecular weight is 317 g/mol. The molecular weight excluding hydrogens is 294 g/mol. The van der Waals surface area contributed by atoms with E-state index >= 15 is 0 Å².